The van der Waals surface area contributed by atoms with Gasteiger partial charge in [-0.05, 0) is 0 Å². The van der Waals surface area contributed by atoms with Crippen molar-refractivity contribution >= 4 is 5.78 Å². The third-order valence-corrected chi connectivity index (χ3v) is 0.267. The van der Waals surface area contributed by atoms with E-state index < -0.39 is 11.6 Å². The molecule has 0 saturated carbocycles. The van der Waals surface area contributed by atoms with Crippen LogP contribution in [0.15, 0.2) is 12.4 Å². The number of ketones is 1. The summed E-state index contributed by atoms with van der Waals surface area (Å²) in [6.45, 7) is 6.94. The van der Waals surface area contributed by atoms with Crippen LogP contribution >= 0.6 is 0 Å². The Balaban J connectivity index is 3.57. The summed E-state index contributed by atoms with van der Waals surface area (Å²) in [5.74, 6) is -2.20. The largest absolute Gasteiger partial charge is 0.291 e. The average Bonchev–Trinajstić information content (AvgIpc) is 1.36. The van der Waals surface area contributed by atoms with Crippen LogP contribution in [0.4, 0.5) is 4.39 Å². The summed E-state index contributed by atoms with van der Waals surface area (Å²) < 4.78 is 11.2. The molecule has 0 spiro atoms. The summed E-state index contributed by atoms with van der Waals surface area (Å²) in [4.78, 5) is 9.45. The van der Waals surface area contributed by atoms with Crippen molar-refractivity contribution in [1.29, 1.82) is 0 Å². The summed E-state index contributed by atoms with van der Waals surface area (Å²) in [7, 11) is 0. The highest BCUT2D eigenvalue weighted by molar-refractivity contribution is 5.95. The molecule has 0 N–H and O–H groups in total. The van der Waals surface area contributed by atoms with Gasteiger partial charge < -0.3 is 0 Å². The van der Waals surface area contributed by atoms with Gasteiger partial charge in [0.2, 0.25) is 0 Å². The molecule has 6 heavy (non-hydrogen) atoms. The fraction of sp³-hybridized carbons (Fsp3) is 0. The molecule has 0 aromatic carbocycles. The summed E-state index contributed by atoms with van der Waals surface area (Å²) in [6, 6.07) is 0. The maximum Gasteiger partial charge on any atom is 0.195 e. The van der Waals surface area contributed by atoms with Gasteiger partial charge in [-0.3, -0.25) is 4.79 Å². The predicted molar refractivity (Wildman–Crippen MR) is 19.6 cm³/mol. The quantitative estimate of drug-likeness (QED) is 0.430. The summed E-state index contributed by atoms with van der Waals surface area (Å²) >= 11 is 0. The van der Waals surface area contributed by atoms with Crippen molar-refractivity contribution in [1.82, 2.24) is 0 Å². The minimum Gasteiger partial charge on any atom is -0.291 e. The summed E-state index contributed by atoms with van der Waals surface area (Å²) in [6.07, 6.45) is 0. The Kier molecular flexibility index (Phi) is 1.51. The molecule has 0 fully saturated rings. The lowest BCUT2D eigenvalue weighted by Gasteiger charge is -1.75. The minimum atomic E-state index is -1.10. The molecular formula is C4H3FO. The molecule has 1 nitrogen and oxygen atoms in total. The van der Waals surface area contributed by atoms with Crippen molar-refractivity contribution in [2.45, 2.75) is 0 Å². The van der Waals surface area contributed by atoms with E-state index >= 15 is 0 Å². The normalized spacial score (nSPS) is 7.67. The molecule has 0 saturated heterocycles. The lowest BCUT2D eigenvalue weighted by Crippen LogP contribution is -1.85. The van der Waals surface area contributed by atoms with Crippen molar-refractivity contribution < 1.29 is 9.18 Å². The van der Waals surface area contributed by atoms with Crippen LogP contribution < -0.4 is 0 Å². The molecule has 0 aliphatic rings. The molecule has 0 atom stereocenters. The van der Waals surface area contributed by atoms with Crippen LogP contribution in [0.5, 0.6) is 0 Å². The van der Waals surface area contributed by atoms with Crippen LogP contribution in [0, 0.1) is 6.92 Å². The lowest BCUT2D eigenvalue weighted by molar-refractivity contribution is -0.112. The minimum absolute atomic E-state index is 1.10. The Labute approximate surface area is 35.5 Å². The maximum absolute atomic E-state index is 11.2. The van der Waals surface area contributed by atoms with Gasteiger partial charge in [-0.25, -0.2) is 4.39 Å². The molecule has 0 bridgehead atoms. The van der Waals surface area contributed by atoms with Crippen LogP contribution in [-0.4, -0.2) is 5.78 Å². The van der Waals surface area contributed by atoms with Gasteiger partial charge in [-0.1, -0.05) is 6.58 Å². The highest BCUT2D eigenvalue weighted by Gasteiger charge is 1.92. The zero-order chi connectivity index (χ0) is 5.15. The Morgan fingerprint density at radius 1 is 1.83 bits per heavy atom. The number of carbonyl (C=O) groups is 1. The number of halogens is 1. The fourth-order valence-electron chi connectivity index (χ4n) is 0. The van der Waals surface area contributed by atoms with Gasteiger partial charge in [-0.15, -0.1) is 0 Å². The van der Waals surface area contributed by atoms with E-state index in [0.717, 1.165) is 0 Å². The second kappa shape index (κ2) is 1.70. The third-order valence-electron chi connectivity index (χ3n) is 0.267. The van der Waals surface area contributed by atoms with Gasteiger partial charge in [0, 0.05) is 6.92 Å². The fourth-order valence-corrected chi connectivity index (χ4v) is 0. The first kappa shape index (κ1) is 5.34. The van der Waals surface area contributed by atoms with E-state index in [0.29, 0.717) is 0 Å². The van der Waals surface area contributed by atoms with Crippen LogP contribution in [0.3, 0.4) is 0 Å². The highest BCUT2D eigenvalue weighted by Crippen LogP contribution is 1.88. The van der Waals surface area contributed by atoms with Gasteiger partial charge in [0.15, 0.2) is 11.6 Å². The van der Waals surface area contributed by atoms with Crippen LogP contribution in [-0.2, 0) is 4.79 Å². The molecule has 0 unspecified atom stereocenters. The zero-order valence-electron chi connectivity index (χ0n) is 3.07. The van der Waals surface area contributed by atoms with E-state index in [1.54, 1.807) is 0 Å². The van der Waals surface area contributed by atoms with Gasteiger partial charge in [0.05, 0.1) is 0 Å². The second-order valence-electron chi connectivity index (χ2n) is 0.769. The van der Waals surface area contributed by atoms with E-state index in [9.17, 15) is 9.18 Å². The molecule has 2 radical (unpaired) electrons. The molecule has 0 aromatic rings. The first-order valence-electron chi connectivity index (χ1n) is 1.29. The van der Waals surface area contributed by atoms with Gasteiger partial charge in [-0.2, -0.15) is 0 Å². The molecule has 32 valence electrons. The molecule has 0 aliphatic heterocycles. The van der Waals surface area contributed by atoms with Crippen molar-refractivity contribution in [2.24, 2.45) is 0 Å². The van der Waals surface area contributed by atoms with E-state index in [-0.39, 0.29) is 0 Å². The predicted octanol–water partition coefficient (Wildman–Crippen LogP) is 0.750. The second-order valence-corrected chi connectivity index (χ2v) is 0.769. The van der Waals surface area contributed by atoms with E-state index in [1.807, 2.05) is 0 Å². The standard InChI is InChI=1S/C4H3FO/c1-3(5)4(2)6/h2H,1H2. The molecular weight excluding hydrogens is 83.0 g/mol. The number of allylic oxidation sites excluding steroid dienone is 1. The first-order chi connectivity index (χ1) is 2.64. The Morgan fingerprint density at radius 2 is 2.00 bits per heavy atom. The number of rotatable bonds is 1. The monoisotopic (exact) mass is 86.0 g/mol. The van der Waals surface area contributed by atoms with E-state index in [4.69, 9.17) is 0 Å². The number of Topliss-reactive ketones (excluding diaryl/α,β-unsaturated/α-hetero) is 1. The van der Waals surface area contributed by atoms with Gasteiger partial charge in [0.25, 0.3) is 0 Å². The molecule has 0 amide bonds. The van der Waals surface area contributed by atoms with Crippen LogP contribution in [0.25, 0.3) is 0 Å². The number of hydrogen-bond donors (Lipinski definition) is 0. The summed E-state index contributed by atoms with van der Waals surface area (Å²) in [5.41, 5.74) is 0. The van der Waals surface area contributed by atoms with Crippen molar-refractivity contribution in [3.8, 4) is 0 Å². The van der Waals surface area contributed by atoms with Crippen molar-refractivity contribution in [3.05, 3.63) is 19.3 Å². The number of hydrogen-bond acceptors (Lipinski definition) is 1. The smallest absolute Gasteiger partial charge is 0.195 e. The first-order valence-corrected chi connectivity index (χ1v) is 1.29. The van der Waals surface area contributed by atoms with Gasteiger partial charge >= 0.3 is 0 Å². The van der Waals surface area contributed by atoms with Crippen LogP contribution in [0.1, 0.15) is 0 Å². The molecule has 0 rings (SSSR count). The average molecular weight is 86.1 g/mol. The van der Waals surface area contributed by atoms with E-state index in [2.05, 4.69) is 13.5 Å². The Bertz CT molecular complexity index is 73.5. The molecule has 0 aromatic heterocycles. The van der Waals surface area contributed by atoms with Crippen LogP contribution in [0.2, 0.25) is 0 Å². The topological polar surface area (TPSA) is 17.1 Å². The number of carbonyl (C=O) groups excluding carboxylic acids is 1. The summed E-state index contributed by atoms with van der Waals surface area (Å²) in [5, 5.41) is 0. The van der Waals surface area contributed by atoms with Gasteiger partial charge in [0.1, 0.15) is 0 Å². The molecule has 0 aliphatic carbocycles. The molecule has 2 heteroatoms. The van der Waals surface area contributed by atoms with Crippen molar-refractivity contribution in [3.63, 3.8) is 0 Å². The van der Waals surface area contributed by atoms with E-state index in [1.165, 1.54) is 0 Å². The third kappa shape index (κ3) is 1.64. The Hall–Kier alpha value is -0.660. The zero-order valence-corrected chi connectivity index (χ0v) is 3.07. The highest BCUT2D eigenvalue weighted by atomic mass is 19.1. The lowest BCUT2D eigenvalue weighted by atomic mass is 10.4. The molecule has 0 heterocycles. The van der Waals surface area contributed by atoms with Crippen molar-refractivity contribution in [2.75, 3.05) is 0 Å². The maximum atomic E-state index is 11.2. The SMILES string of the molecule is [CH]C(=O)C(=C)F. The Morgan fingerprint density at radius 3 is 2.00 bits per heavy atom.